The standard InChI is InChI=1S/C15H16Cl2N2/c16-11-4-5-12-14(6-7-18-15(12)8-11)19-9-10-2-1-3-13(10)17/h4-8,10,13H,1-3,9H2,(H,18,19)/t10-,13-/m1/s1. The minimum atomic E-state index is 0.315. The van der Waals surface area contributed by atoms with Gasteiger partial charge in [-0.05, 0) is 43.0 Å². The summed E-state index contributed by atoms with van der Waals surface area (Å²) < 4.78 is 0. The van der Waals surface area contributed by atoms with Crippen molar-refractivity contribution in [1.29, 1.82) is 0 Å². The lowest BCUT2D eigenvalue weighted by Crippen LogP contribution is -2.18. The van der Waals surface area contributed by atoms with Crippen molar-refractivity contribution in [2.45, 2.75) is 24.6 Å². The maximum absolute atomic E-state index is 6.31. The number of anilines is 1. The van der Waals surface area contributed by atoms with Gasteiger partial charge in [0.1, 0.15) is 0 Å². The Bertz CT molecular complexity index is 585. The van der Waals surface area contributed by atoms with Crippen LogP contribution in [-0.4, -0.2) is 16.9 Å². The topological polar surface area (TPSA) is 24.9 Å². The quantitative estimate of drug-likeness (QED) is 0.830. The molecule has 0 saturated heterocycles. The summed E-state index contributed by atoms with van der Waals surface area (Å²) in [6, 6.07) is 7.81. The first-order chi connectivity index (χ1) is 9.24. The molecule has 1 aliphatic carbocycles. The number of alkyl halides is 1. The van der Waals surface area contributed by atoms with Crippen molar-refractivity contribution in [3.05, 3.63) is 35.5 Å². The SMILES string of the molecule is Clc1ccc2c(NC[C@H]3CCC[C@H]3Cl)ccnc2c1. The van der Waals surface area contributed by atoms with Crippen molar-refractivity contribution < 1.29 is 0 Å². The fourth-order valence-corrected chi connectivity index (χ4v) is 3.27. The highest BCUT2D eigenvalue weighted by Crippen LogP contribution is 2.31. The number of hydrogen-bond acceptors (Lipinski definition) is 2. The molecule has 0 amide bonds. The third kappa shape index (κ3) is 2.80. The van der Waals surface area contributed by atoms with E-state index in [-0.39, 0.29) is 0 Å². The molecule has 0 radical (unpaired) electrons. The number of benzene rings is 1. The maximum atomic E-state index is 6.31. The second-order valence-electron chi connectivity index (χ2n) is 5.11. The minimum Gasteiger partial charge on any atom is -0.384 e. The van der Waals surface area contributed by atoms with Gasteiger partial charge in [-0.2, -0.15) is 0 Å². The van der Waals surface area contributed by atoms with E-state index in [9.17, 15) is 0 Å². The number of fused-ring (bicyclic) bond motifs is 1. The van der Waals surface area contributed by atoms with E-state index in [1.807, 2.05) is 30.5 Å². The molecule has 1 saturated carbocycles. The van der Waals surface area contributed by atoms with Gasteiger partial charge in [-0.15, -0.1) is 11.6 Å². The van der Waals surface area contributed by atoms with Crippen LogP contribution in [0, 0.1) is 5.92 Å². The lowest BCUT2D eigenvalue weighted by atomic mass is 10.1. The summed E-state index contributed by atoms with van der Waals surface area (Å²) in [6.07, 6.45) is 5.41. The first-order valence-electron chi connectivity index (χ1n) is 6.66. The summed E-state index contributed by atoms with van der Waals surface area (Å²) in [5, 5.41) is 5.65. The lowest BCUT2D eigenvalue weighted by molar-refractivity contribution is 0.586. The Morgan fingerprint density at radius 3 is 2.95 bits per heavy atom. The Labute approximate surface area is 123 Å². The predicted octanol–water partition coefficient (Wildman–Crippen LogP) is 4.71. The van der Waals surface area contributed by atoms with E-state index < -0.39 is 0 Å². The zero-order valence-electron chi connectivity index (χ0n) is 10.6. The van der Waals surface area contributed by atoms with Gasteiger partial charge in [0.2, 0.25) is 0 Å². The van der Waals surface area contributed by atoms with Gasteiger partial charge in [-0.1, -0.05) is 18.0 Å². The van der Waals surface area contributed by atoms with Crippen LogP contribution in [-0.2, 0) is 0 Å². The Morgan fingerprint density at radius 2 is 2.16 bits per heavy atom. The highest BCUT2D eigenvalue weighted by atomic mass is 35.5. The van der Waals surface area contributed by atoms with Gasteiger partial charge in [0.15, 0.2) is 0 Å². The number of nitrogens with zero attached hydrogens (tertiary/aromatic N) is 1. The fourth-order valence-electron chi connectivity index (χ4n) is 2.74. The van der Waals surface area contributed by atoms with Crippen molar-refractivity contribution >= 4 is 39.8 Å². The van der Waals surface area contributed by atoms with Gasteiger partial charge >= 0.3 is 0 Å². The molecule has 0 aliphatic heterocycles. The summed E-state index contributed by atoms with van der Waals surface area (Å²) in [7, 11) is 0. The average Bonchev–Trinajstić information content (AvgIpc) is 2.81. The third-order valence-corrected chi connectivity index (χ3v) is 4.64. The van der Waals surface area contributed by atoms with E-state index >= 15 is 0 Å². The molecule has 1 aromatic carbocycles. The molecule has 0 unspecified atom stereocenters. The van der Waals surface area contributed by atoms with Crippen LogP contribution in [0.4, 0.5) is 5.69 Å². The van der Waals surface area contributed by atoms with Crippen molar-refractivity contribution in [3.8, 4) is 0 Å². The van der Waals surface area contributed by atoms with Crippen LogP contribution >= 0.6 is 23.2 Å². The molecule has 3 rings (SSSR count). The molecular weight excluding hydrogens is 279 g/mol. The monoisotopic (exact) mass is 294 g/mol. The maximum Gasteiger partial charge on any atom is 0.0737 e. The van der Waals surface area contributed by atoms with Gasteiger partial charge in [-0.3, -0.25) is 4.98 Å². The summed E-state index contributed by atoms with van der Waals surface area (Å²) in [5.74, 6) is 0.567. The van der Waals surface area contributed by atoms with Gasteiger partial charge in [0, 0.05) is 34.2 Å². The van der Waals surface area contributed by atoms with Crippen molar-refractivity contribution in [3.63, 3.8) is 0 Å². The van der Waals surface area contributed by atoms with Gasteiger partial charge in [0.05, 0.1) is 5.52 Å². The normalized spacial score (nSPS) is 22.8. The van der Waals surface area contributed by atoms with Crippen LogP contribution in [0.15, 0.2) is 30.5 Å². The van der Waals surface area contributed by atoms with Crippen LogP contribution in [0.1, 0.15) is 19.3 Å². The summed E-state index contributed by atoms with van der Waals surface area (Å²) in [4.78, 5) is 4.35. The van der Waals surface area contributed by atoms with Crippen molar-refractivity contribution in [1.82, 2.24) is 4.98 Å². The number of rotatable bonds is 3. The molecule has 1 aliphatic rings. The molecule has 2 atom stereocenters. The number of nitrogens with one attached hydrogen (secondary N) is 1. The van der Waals surface area contributed by atoms with Gasteiger partial charge in [0.25, 0.3) is 0 Å². The lowest BCUT2D eigenvalue weighted by Gasteiger charge is -2.16. The first kappa shape index (κ1) is 13.0. The highest BCUT2D eigenvalue weighted by Gasteiger charge is 2.24. The van der Waals surface area contributed by atoms with E-state index in [4.69, 9.17) is 23.2 Å². The molecular formula is C15H16Cl2N2. The molecule has 1 heterocycles. The average molecular weight is 295 g/mol. The van der Waals surface area contributed by atoms with Crippen LogP contribution in [0.3, 0.4) is 0 Å². The van der Waals surface area contributed by atoms with Crippen LogP contribution < -0.4 is 5.32 Å². The second-order valence-corrected chi connectivity index (χ2v) is 6.10. The summed E-state index contributed by atoms with van der Waals surface area (Å²) >= 11 is 12.3. The highest BCUT2D eigenvalue weighted by molar-refractivity contribution is 6.31. The van der Waals surface area contributed by atoms with E-state index in [0.717, 1.165) is 29.6 Å². The van der Waals surface area contributed by atoms with E-state index in [1.165, 1.54) is 12.8 Å². The molecule has 0 spiro atoms. The van der Waals surface area contributed by atoms with Crippen molar-refractivity contribution in [2.75, 3.05) is 11.9 Å². The minimum absolute atomic E-state index is 0.315. The molecule has 2 aromatic rings. The Hall–Kier alpha value is -0.990. The molecule has 1 N–H and O–H groups in total. The predicted molar refractivity (Wildman–Crippen MR) is 82.2 cm³/mol. The molecule has 19 heavy (non-hydrogen) atoms. The Morgan fingerprint density at radius 1 is 1.26 bits per heavy atom. The molecule has 1 aromatic heterocycles. The number of aromatic nitrogens is 1. The van der Waals surface area contributed by atoms with E-state index in [0.29, 0.717) is 16.3 Å². The molecule has 100 valence electrons. The smallest absolute Gasteiger partial charge is 0.0737 e. The second kappa shape index (κ2) is 5.56. The van der Waals surface area contributed by atoms with Crippen LogP contribution in [0.5, 0.6) is 0 Å². The summed E-state index contributed by atoms with van der Waals surface area (Å²) in [5.41, 5.74) is 2.03. The number of hydrogen-bond donors (Lipinski definition) is 1. The zero-order valence-corrected chi connectivity index (χ0v) is 12.1. The Balaban J connectivity index is 1.81. The van der Waals surface area contributed by atoms with Gasteiger partial charge in [-0.25, -0.2) is 0 Å². The van der Waals surface area contributed by atoms with Crippen molar-refractivity contribution in [2.24, 2.45) is 5.92 Å². The van der Waals surface area contributed by atoms with Gasteiger partial charge < -0.3 is 5.32 Å². The molecule has 4 heteroatoms. The van der Waals surface area contributed by atoms with E-state index in [1.54, 1.807) is 0 Å². The summed E-state index contributed by atoms with van der Waals surface area (Å²) in [6.45, 7) is 0.926. The molecule has 1 fully saturated rings. The molecule has 2 nitrogen and oxygen atoms in total. The zero-order chi connectivity index (χ0) is 13.2. The van der Waals surface area contributed by atoms with E-state index in [2.05, 4.69) is 10.3 Å². The van der Waals surface area contributed by atoms with Crippen LogP contribution in [0.25, 0.3) is 10.9 Å². The number of pyridine rings is 1. The first-order valence-corrected chi connectivity index (χ1v) is 7.48. The van der Waals surface area contributed by atoms with Crippen LogP contribution in [0.2, 0.25) is 5.02 Å². The number of halogens is 2. The third-order valence-electron chi connectivity index (χ3n) is 3.83. The largest absolute Gasteiger partial charge is 0.384 e. The molecule has 0 bridgehead atoms. The Kier molecular flexibility index (Phi) is 3.81. The fraction of sp³-hybridized carbons (Fsp3) is 0.400.